The van der Waals surface area contributed by atoms with E-state index >= 15 is 0 Å². The van der Waals surface area contributed by atoms with E-state index in [1.165, 1.54) is 16.7 Å². The molecule has 2 N–H and O–H groups in total. The summed E-state index contributed by atoms with van der Waals surface area (Å²) in [6.45, 7) is 5.08. The lowest BCUT2D eigenvalue weighted by molar-refractivity contribution is 0.210. The van der Waals surface area contributed by atoms with Gasteiger partial charge >= 0.3 is 0 Å². The van der Waals surface area contributed by atoms with Crippen LogP contribution in [0, 0.1) is 6.92 Å². The molecule has 20 heavy (non-hydrogen) atoms. The predicted molar refractivity (Wildman–Crippen MR) is 83.3 cm³/mol. The maximum atomic E-state index is 6.24. The van der Waals surface area contributed by atoms with Crippen molar-refractivity contribution in [1.82, 2.24) is 9.88 Å². The lowest BCUT2D eigenvalue weighted by Gasteiger charge is -2.32. The average Bonchev–Trinajstić information content (AvgIpc) is 2.42. The molecule has 0 amide bonds. The van der Waals surface area contributed by atoms with Crippen LogP contribution in [0.5, 0.6) is 0 Å². The molecule has 2 rings (SSSR count). The van der Waals surface area contributed by atoms with Crippen molar-refractivity contribution in [1.29, 1.82) is 0 Å². The van der Waals surface area contributed by atoms with Crippen LogP contribution in [0.3, 0.4) is 0 Å². The highest BCUT2D eigenvalue weighted by molar-refractivity contribution is 5.30. The number of pyridine rings is 1. The standard InChI is InChI=1S/C17H23N3/c1-13-6-4-5-7-16(13)17(14(2)18)20(3)12-15-8-10-19-11-9-15/h4-11,14,17H,12,18H2,1-3H3. The monoisotopic (exact) mass is 269 g/mol. The van der Waals surface area contributed by atoms with Gasteiger partial charge in [-0.3, -0.25) is 9.88 Å². The molecule has 0 fully saturated rings. The number of hydrogen-bond acceptors (Lipinski definition) is 3. The summed E-state index contributed by atoms with van der Waals surface area (Å²) in [4.78, 5) is 6.37. The van der Waals surface area contributed by atoms with Crippen molar-refractivity contribution in [3.05, 3.63) is 65.5 Å². The Hall–Kier alpha value is -1.71. The Morgan fingerprint density at radius 2 is 1.80 bits per heavy atom. The van der Waals surface area contributed by atoms with Gasteiger partial charge in [-0.2, -0.15) is 0 Å². The first kappa shape index (κ1) is 14.7. The number of hydrogen-bond donors (Lipinski definition) is 1. The van der Waals surface area contributed by atoms with Gasteiger partial charge in [0.05, 0.1) is 0 Å². The Bertz CT molecular complexity index is 537. The van der Waals surface area contributed by atoms with E-state index in [0.717, 1.165) is 6.54 Å². The van der Waals surface area contributed by atoms with E-state index in [1.807, 2.05) is 24.5 Å². The molecule has 0 radical (unpaired) electrons. The van der Waals surface area contributed by atoms with E-state index in [0.29, 0.717) is 0 Å². The highest BCUT2D eigenvalue weighted by Crippen LogP contribution is 2.26. The molecule has 3 heteroatoms. The van der Waals surface area contributed by atoms with Crippen LogP contribution in [0.15, 0.2) is 48.8 Å². The maximum absolute atomic E-state index is 6.24. The molecule has 1 heterocycles. The molecule has 0 spiro atoms. The van der Waals surface area contributed by atoms with Crippen molar-refractivity contribution in [3.63, 3.8) is 0 Å². The molecule has 0 aliphatic carbocycles. The number of rotatable bonds is 5. The number of benzene rings is 1. The molecule has 0 aliphatic rings. The first-order valence-electron chi connectivity index (χ1n) is 7.00. The van der Waals surface area contributed by atoms with Gasteiger partial charge in [0, 0.05) is 31.0 Å². The van der Waals surface area contributed by atoms with Crippen LogP contribution in [-0.4, -0.2) is 23.0 Å². The summed E-state index contributed by atoms with van der Waals surface area (Å²) in [5, 5.41) is 0. The number of aromatic nitrogens is 1. The Kier molecular flexibility index (Phi) is 4.88. The zero-order chi connectivity index (χ0) is 14.5. The van der Waals surface area contributed by atoms with E-state index < -0.39 is 0 Å². The number of aryl methyl sites for hydroxylation is 1. The summed E-state index contributed by atoms with van der Waals surface area (Å²) in [6.07, 6.45) is 3.66. The summed E-state index contributed by atoms with van der Waals surface area (Å²) in [5.41, 5.74) is 10.1. The van der Waals surface area contributed by atoms with Crippen LogP contribution < -0.4 is 5.73 Å². The lowest BCUT2D eigenvalue weighted by Crippen LogP contribution is -2.37. The lowest BCUT2D eigenvalue weighted by atomic mass is 9.95. The molecule has 0 aliphatic heterocycles. The molecule has 0 saturated carbocycles. The van der Waals surface area contributed by atoms with Gasteiger partial charge < -0.3 is 5.73 Å². The molecule has 3 nitrogen and oxygen atoms in total. The van der Waals surface area contributed by atoms with Crippen LogP contribution >= 0.6 is 0 Å². The molecule has 1 aromatic heterocycles. The van der Waals surface area contributed by atoms with Gasteiger partial charge in [0.25, 0.3) is 0 Å². The molecular weight excluding hydrogens is 246 g/mol. The fourth-order valence-electron chi connectivity index (χ4n) is 2.72. The molecule has 2 aromatic rings. The smallest absolute Gasteiger partial charge is 0.0499 e. The summed E-state index contributed by atoms with van der Waals surface area (Å²) >= 11 is 0. The Morgan fingerprint density at radius 3 is 2.40 bits per heavy atom. The fraction of sp³-hybridized carbons (Fsp3) is 0.353. The van der Waals surface area contributed by atoms with Gasteiger partial charge in [-0.15, -0.1) is 0 Å². The SMILES string of the molecule is Cc1ccccc1C(C(C)N)N(C)Cc1ccncc1. The van der Waals surface area contributed by atoms with E-state index in [1.54, 1.807) is 0 Å². The number of nitrogens with two attached hydrogens (primary N) is 1. The number of likely N-dealkylation sites (N-methyl/N-ethyl adjacent to an activating group) is 1. The molecule has 2 unspecified atom stereocenters. The van der Waals surface area contributed by atoms with Gasteiger partial charge in [0.1, 0.15) is 0 Å². The third-order valence-electron chi connectivity index (χ3n) is 3.66. The molecule has 0 bridgehead atoms. The first-order chi connectivity index (χ1) is 9.59. The molecule has 106 valence electrons. The minimum Gasteiger partial charge on any atom is -0.326 e. The van der Waals surface area contributed by atoms with Gasteiger partial charge in [-0.1, -0.05) is 24.3 Å². The summed E-state index contributed by atoms with van der Waals surface area (Å²) < 4.78 is 0. The van der Waals surface area contributed by atoms with Gasteiger partial charge in [0.2, 0.25) is 0 Å². The van der Waals surface area contributed by atoms with E-state index in [2.05, 4.69) is 55.0 Å². The maximum Gasteiger partial charge on any atom is 0.0499 e. The third-order valence-corrected chi connectivity index (χ3v) is 3.66. The van der Waals surface area contributed by atoms with Gasteiger partial charge in [-0.25, -0.2) is 0 Å². The normalized spacial score (nSPS) is 14.2. The van der Waals surface area contributed by atoms with Crippen molar-refractivity contribution in [2.24, 2.45) is 5.73 Å². The van der Waals surface area contributed by atoms with Crippen molar-refractivity contribution in [2.45, 2.75) is 32.5 Å². The molecule has 0 saturated heterocycles. The second kappa shape index (κ2) is 6.64. The predicted octanol–water partition coefficient (Wildman–Crippen LogP) is 2.91. The summed E-state index contributed by atoms with van der Waals surface area (Å²) in [5.74, 6) is 0. The third kappa shape index (κ3) is 3.44. The Morgan fingerprint density at radius 1 is 1.15 bits per heavy atom. The van der Waals surface area contributed by atoms with E-state index in [4.69, 9.17) is 5.73 Å². The average molecular weight is 269 g/mol. The van der Waals surface area contributed by atoms with E-state index in [9.17, 15) is 0 Å². The van der Waals surface area contributed by atoms with Gasteiger partial charge in [0.15, 0.2) is 0 Å². The van der Waals surface area contributed by atoms with Crippen molar-refractivity contribution in [3.8, 4) is 0 Å². The summed E-state index contributed by atoms with van der Waals surface area (Å²) in [7, 11) is 2.13. The van der Waals surface area contributed by atoms with Crippen molar-refractivity contribution < 1.29 is 0 Å². The molecule has 1 aromatic carbocycles. The molecular formula is C17H23N3. The fourth-order valence-corrected chi connectivity index (χ4v) is 2.72. The van der Waals surface area contributed by atoms with Crippen molar-refractivity contribution >= 4 is 0 Å². The zero-order valence-corrected chi connectivity index (χ0v) is 12.5. The largest absolute Gasteiger partial charge is 0.326 e. The zero-order valence-electron chi connectivity index (χ0n) is 12.5. The highest BCUT2D eigenvalue weighted by atomic mass is 15.1. The minimum atomic E-state index is 0.0722. The second-order valence-corrected chi connectivity index (χ2v) is 5.43. The topological polar surface area (TPSA) is 42.1 Å². The van der Waals surface area contributed by atoms with Gasteiger partial charge in [-0.05, 0) is 49.7 Å². The highest BCUT2D eigenvalue weighted by Gasteiger charge is 2.22. The number of nitrogens with zero attached hydrogens (tertiary/aromatic N) is 2. The van der Waals surface area contributed by atoms with Crippen LogP contribution in [0.1, 0.15) is 29.7 Å². The van der Waals surface area contributed by atoms with Crippen molar-refractivity contribution in [2.75, 3.05) is 7.05 Å². The minimum absolute atomic E-state index is 0.0722. The van der Waals surface area contributed by atoms with E-state index in [-0.39, 0.29) is 12.1 Å². The molecule has 2 atom stereocenters. The van der Waals surface area contributed by atoms with Crippen LogP contribution in [0.2, 0.25) is 0 Å². The quantitative estimate of drug-likeness (QED) is 0.907. The Balaban J connectivity index is 2.23. The van der Waals surface area contributed by atoms with Crippen LogP contribution in [0.25, 0.3) is 0 Å². The summed E-state index contributed by atoms with van der Waals surface area (Å²) in [6, 6.07) is 12.8. The first-order valence-corrected chi connectivity index (χ1v) is 7.00. The Labute approximate surface area is 121 Å². The van der Waals surface area contributed by atoms with Crippen LogP contribution in [-0.2, 0) is 6.54 Å². The second-order valence-electron chi connectivity index (χ2n) is 5.43. The van der Waals surface area contributed by atoms with Crippen LogP contribution in [0.4, 0.5) is 0 Å².